The molecule has 1 rings (SSSR count). The Bertz CT molecular complexity index is 476. The van der Waals surface area contributed by atoms with Crippen molar-refractivity contribution in [2.24, 2.45) is 0 Å². The van der Waals surface area contributed by atoms with Crippen LogP contribution in [0.5, 0.6) is 0 Å². The quantitative estimate of drug-likeness (QED) is 0.756. The van der Waals surface area contributed by atoms with Crippen LogP contribution in [-0.4, -0.2) is 48.2 Å². The largest absolute Gasteiger partial charge is 0.453 e. The van der Waals surface area contributed by atoms with Crippen molar-refractivity contribution >= 4 is 18.0 Å². The highest BCUT2D eigenvalue weighted by molar-refractivity contribution is 5.88. The molecule has 1 fully saturated rings. The molecule has 1 aliphatic heterocycles. The molecule has 2 N–H and O–H groups in total. The third kappa shape index (κ3) is 5.65. The molecule has 7 nitrogen and oxygen atoms in total. The van der Waals surface area contributed by atoms with Gasteiger partial charge in [0.25, 0.3) is 0 Å². The van der Waals surface area contributed by atoms with E-state index < -0.39 is 48.2 Å². The van der Waals surface area contributed by atoms with E-state index in [1.165, 1.54) is 0 Å². The summed E-state index contributed by atoms with van der Waals surface area (Å²) in [6, 6.07) is -1.73. The minimum absolute atomic E-state index is 0.0621. The molecule has 2 amide bonds. The molecule has 0 bridgehead atoms. The van der Waals surface area contributed by atoms with Crippen LogP contribution in [0.25, 0.3) is 0 Å². The van der Waals surface area contributed by atoms with Crippen LogP contribution in [0.15, 0.2) is 0 Å². The van der Waals surface area contributed by atoms with E-state index in [-0.39, 0.29) is 6.42 Å². The fraction of sp³-hybridized carbons (Fsp3) is 0.786. The van der Waals surface area contributed by atoms with Crippen LogP contribution >= 0.6 is 0 Å². The number of amides is 2. The van der Waals surface area contributed by atoms with Crippen molar-refractivity contribution in [3.63, 3.8) is 0 Å². The number of piperidine rings is 1. The van der Waals surface area contributed by atoms with Crippen LogP contribution in [0.1, 0.15) is 40.5 Å². The zero-order valence-corrected chi connectivity index (χ0v) is 13.6. The number of nitrogens with one attached hydrogen (secondary N) is 2. The molecule has 1 saturated heterocycles. The first-order valence-electron chi connectivity index (χ1n) is 7.31. The van der Waals surface area contributed by atoms with E-state index >= 15 is 0 Å². The van der Waals surface area contributed by atoms with E-state index in [2.05, 4.69) is 0 Å². The molecule has 23 heavy (non-hydrogen) atoms. The maximum Gasteiger partial charge on any atom is 0.408 e. The van der Waals surface area contributed by atoms with Crippen molar-refractivity contribution in [2.45, 2.75) is 64.2 Å². The Morgan fingerprint density at radius 3 is 2.52 bits per heavy atom. The van der Waals surface area contributed by atoms with Crippen LogP contribution in [0, 0.1) is 0 Å². The number of rotatable bonds is 4. The van der Waals surface area contributed by atoms with E-state index in [1.54, 1.807) is 27.7 Å². The van der Waals surface area contributed by atoms with Gasteiger partial charge in [0.15, 0.2) is 12.1 Å². The molecular weight excluding hydrogens is 314 g/mol. The van der Waals surface area contributed by atoms with Crippen molar-refractivity contribution in [1.82, 2.24) is 10.6 Å². The van der Waals surface area contributed by atoms with E-state index in [1.807, 2.05) is 10.6 Å². The van der Waals surface area contributed by atoms with Crippen LogP contribution < -0.4 is 10.6 Å². The Hall–Kier alpha value is -1.93. The molecule has 0 aromatic heterocycles. The van der Waals surface area contributed by atoms with Crippen molar-refractivity contribution in [3.05, 3.63) is 0 Å². The summed E-state index contributed by atoms with van der Waals surface area (Å²) in [5.41, 5.74) is -0.869. The number of hydrogen-bond donors (Lipinski definition) is 2. The van der Waals surface area contributed by atoms with Crippen molar-refractivity contribution in [2.75, 3.05) is 6.54 Å². The van der Waals surface area contributed by atoms with Gasteiger partial charge in [-0.3, -0.25) is 9.59 Å². The van der Waals surface area contributed by atoms with Crippen LogP contribution in [0.3, 0.4) is 0 Å². The SMILES string of the molecule is CCCC(=O)OC1[C@H](NC(=O)OC(C)(C)C)C(=O)NCC1(F)F. The number of alkyl carbamates (subject to hydrolysis) is 1. The Kier molecular flexibility index (Phi) is 5.90. The minimum atomic E-state index is -3.50. The predicted molar refractivity (Wildman–Crippen MR) is 75.9 cm³/mol. The van der Waals surface area contributed by atoms with Gasteiger partial charge in [-0.2, -0.15) is 0 Å². The van der Waals surface area contributed by atoms with Gasteiger partial charge in [-0.1, -0.05) is 6.92 Å². The van der Waals surface area contributed by atoms with E-state index in [4.69, 9.17) is 9.47 Å². The lowest BCUT2D eigenvalue weighted by molar-refractivity contribution is -0.186. The Labute approximate surface area is 133 Å². The number of carbonyl (C=O) groups is 3. The molecule has 0 saturated carbocycles. The molecule has 1 heterocycles. The monoisotopic (exact) mass is 336 g/mol. The van der Waals surface area contributed by atoms with Crippen molar-refractivity contribution in [1.29, 1.82) is 0 Å². The summed E-state index contributed by atoms with van der Waals surface area (Å²) in [6.07, 6.45) is -2.78. The maximum absolute atomic E-state index is 14.0. The Balaban J connectivity index is 2.90. The second-order valence-corrected chi connectivity index (χ2v) is 6.26. The molecule has 2 atom stereocenters. The van der Waals surface area contributed by atoms with Gasteiger partial charge in [-0.05, 0) is 27.2 Å². The molecule has 0 spiro atoms. The van der Waals surface area contributed by atoms with Crippen LogP contribution in [-0.2, 0) is 19.1 Å². The second-order valence-electron chi connectivity index (χ2n) is 6.26. The molecule has 0 aliphatic carbocycles. The normalized spacial score (nSPS) is 23.7. The molecule has 1 aliphatic rings. The third-order valence-corrected chi connectivity index (χ3v) is 2.88. The minimum Gasteiger partial charge on any atom is -0.453 e. The average Bonchev–Trinajstić information content (AvgIpc) is 2.36. The number of ether oxygens (including phenoxy) is 2. The highest BCUT2D eigenvalue weighted by atomic mass is 19.3. The standard InChI is InChI=1S/C14H22F2N2O5/c1-5-6-8(19)22-10-9(11(20)17-7-14(10,15)16)18-12(21)23-13(2,3)4/h9-10H,5-7H2,1-4H3,(H,17,20)(H,18,21)/t9-,10?/m0/s1. The fourth-order valence-corrected chi connectivity index (χ4v) is 1.93. The summed E-state index contributed by atoms with van der Waals surface area (Å²) in [5.74, 6) is -5.23. The highest BCUT2D eigenvalue weighted by Crippen LogP contribution is 2.27. The smallest absolute Gasteiger partial charge is 0.408 e. The molecule has 0 aromatic rings. The van der Waals surface area contributed by atoms with Gasteiger partial charge in [0, 0.05) is 6.42 Å². The lowest BCUT2D eigenvalue weighted by atomic mass is 9.99. The summed E-state index contributed by atoms with van der Waals surface area (Å²) in [6.45, 7) is 5.47. The van der Waals surface area contributed by atoms with Gasteiger partial charge >= 0.3 is 18.0 Å². The number of carbonyl (C=O) groups excluding carboxylic acids is 3. The first-order chi connectivity index (χ1) is 10.5. The average molecular weight is 336 g/mol. The molecule has 0 radical (unpaired) electrons. The third-order valence-electron chi connectivity index (χ3n) is 2.88. The summed E-state index contributed by atoms with van der Waals surface area (Å²) in [5, 5.41) is 4.02. The lowest BCUT2D eigenvalue weighted by Crippen LogP contribution is -2.67. The van der Waals surface area contributed by atoms with Crippen molar-refractivity contribution < 1.29 is 32.6 Å². The van der Waals surface area contributed by atoms with Gasteiger partial charge in [0.05, 0.1) is 6.54 Å². The molecule has 132 valence electrons. The second kappa shape index (κ2) is 7.10. The first kappa shape index (κ1) is 19.1. The topological polar surface area (TPSA) is 93.7 Å². The van der Waals surface area contributed by atoms with Gasteiger partial charge < -0.3 is 20.1 Å². The fourth-order valence-electron chi connectivity index (χ4n) is 1.93. The molecule has 1 unspecified atom stereocenters. The van der Waals surface area contributed by atoms with Crippen LogP contribution in [0.2, 0.25) is 0 Å². The maximum atomic E-state index is 14.0. The van der Waals surface area contributed by atoms with Gasteiger partial charge in [-0.15, -0.1) is 0 Å². The van der Waals surface area contributed by atoms with E-state index in [9.17, 15) is 23.2 Å². The summed E-state index contributed by atoms with van der Waals surface area (Å²) < 4.78 is 37.7. The molecule has 9 heteroatoms. The number of esters is 1. The predicted octanol–water partition coefficient (Wildman–Crippen LogP) is 1.36. The molecule has 0 aromatic carbocycles. The number of hydrogen-bond acceptors (Lipinski definition) is 5. The van der Waals surface area contributed by atoms with E-state index in [0.717, 1.165) is 0 Å². The number of halogens is 2. The summed E-state index contributed by atoms with van der Waals surface area (Å²) in [7, 11) is 0. The van der Waals surface area contributed by atoms with Crippen LogP contribution in [0.4, 0.5) is 13.6 Å². The number of alkyl halides is 2. The molecular formula is C14H22F2N2O5. The first-order valence-corrected chi connectivity index (χ1v) is 7.31. The van der Waals surface area contributed by atoms with E-state index in [0.29, 0.717) is 6.42 Å². The highest BCUT2D eigenvalue weighted by Gasteiger charge is 2.54. The zero-order valence-electron chi connectivity index (χ0n) is 13.6. The Morgan fingerprint density at radius 1 is 1.39 bits per heavy atom. The summed E-state index contributed by atoms with van der Waals surface area (Å²) >= 11 is 0. The van der Waals surface area contributed by atoms with Gasteiger partial charge in [0.2, 0.25) is 5.91 Å². The van der Waals surface area contributed by atoms with Crippen molar-refractivity contribution in [3.8, 4) is 0 Å². The Morgan fingerprint density at radius 2 is 2.00 bits per heavy atom. The van der Waals surface area contributed by atoms with Gasteiger partial charge in [-0.25, -0.2) is 13.6 Å². The summed E-state index contributed by atoms with van der Waals surface area (Å²) in [4.78, 5) is 35.1. The van der Waals surface area contributed by atoms with Gasteiger partial charge in [0.1, 0.15) is 5.60 Å². The lowest BCUT2D eigenvalue weighted by Gasteiger charge is -2.37. The zero-order chi connectivity index (χ0) is 17.8.